The first-order chi connectivity index (χ1) is 3.39. The van der Waals surface area contributed by atoms with Crippen LogP contribution in [0.25, 0.3) is 0 Å². The number of halogens is 3. The van der Waals surface area contributed by atoms with Gasteiger partial charge in [-0.3, -0.25) is 4.98 Å². The lowest BCUT2D eigenvalue weighted by Gasteiger charge is -1.79. The first-order valence-corrected chi connectivity index (χ1v) is 2.33. The van der Waals surface area contributed by atoms with Crippen LogP contribution in [0.4, 0.5) is 0 Å². The number of rotatable bonds is 0. The molecule has 0 aliphatic rings. The van der Waals surface area contributed by atoms with Crippen molar-refractivity contribution >= 4 is 36.4 Å². The maximum absolute atomic E-state index is 5.48. The molecule has 0 bridgehead atoms. The van der Waals surface area contributed by atoms with Crippen LogP contribution in [0.1, 0.15) is 0 Å². The van der Waals surface area contributed by atoms with Gasteiger partial charge in [0.05, 0.1) is 5.02 Å². The summed E-state index contributed by atoms with van der Waals surface area (Å²) >= 11 is 5.48. The molecule has 1 rings (SSSR count). The van der Waals surface area contributed by atoms with Crippen LogP contribution in [0, 0.1) is 0 Å². The maximum Gasteiger partial charge on any atom is 0.0589 e. The second-order valence-corrected chi connectivity index (χ2v) is 1.61. The van der Waals surface area contributed by atoms with Crippen molar-refractivity contribution in [1.82, 2.24) is 4.98 Å². The molecule has 0 N–H and O–H groups in total. The average molecular weight is 186 g/mol. The van der Waals surface area contributed by atoms with Gasteiger partial charge in [-0.25, -0.2) is 0 Å². The molecule has 0 radical (unpaired) electrons. The van der Waals surface area contributed by atoms with E-state index in [1.807, 2.05) is 0 Å². The molecule has 0 fully saturated rings. The van der Waals surface area contributed by atoms with Gasteiger partial charge in [0.25, 0.3) is 0 Å². The van der Waals surface area contributed by atoms with Gasteiger partial charge in [0.15, 0.2) is 0 Å². The molecular formula is C5H6Cl3N. The van der Waals surface area contributed by atoms with Crippen molar-refractivity contribution in [2.45, 2.75) is 0 Å². The summed E-state index contributed by atoms with van der Waals surface area (Å²) in [5, 5.41) is 0.683. The molecule has 0 spiro atoms. The highest BCUT2D eigenvalue weighted by atomic mass is 35.5. The van der Waals surface area contributed by atoms with Crippen LogP contribution in [-0.2, 0) is 0 Å². The fourth-order valence-electron chi connectivity index (χ4n) is 0.342. The lowest BCUT2D eigenvalue weighted by Crippen LogP contribution is -1.64. The Hall–Kier alpha value is 0.0200. The number of hydrogen-bond acceptors (Lipinski definition) is 1. The molecule has 0 saturated carbocycles. The Bertz CT molecular complexity index is 142. The summed E-state index contributed by atoms with van der Waals surface area (Å²) in [4.78, 5) is 3.75. The standard InChI is InChI=1S/C5H4ClN.2ClH/c6-5-2-1-3-7-4-5;;/h1-4H;2*1H. The van der Waals surface area contributed by atoms with E-state index in [9.17, 15) is 0 Å². The molecule has 1 aromatic heterocycles. The molecule has 0 unspecified atom stereocenters. The minimum Gasteiger partial charge on any atom is -0.263 e. The summed E-state index contributed by atoms with van der Waals surface area (Å²) in [5.74, 6) is 0. The number of hydrogen-bond donors (Lipinski definition) is 0. The molecule has 0 saturated heterocycles. The summed E-state index contributed by atoms with van der Waals surface area (Å²) in [6.45, 7) is 0. The zero-order chi connectivity index (χ0) is 5.11. The van der Waals surface area contributed by atoms with Crippen molar-refractivity contribution in [3.05, 3.63) is 29.5 Å². The molecule has 0 amide bonds. The van der Waals surface area contributed by atoms with E-state index < -0.39 is 0 Å². The average Bonchev–Trinajstić information content (AvgIpc) is 1.69. The Kier molecular flexibility index (Phi) is 8.04. The summed E-state index contributed by atoms with van der Waals surface area (Å²) in [7, 11) is 0. The van der Waals surface area contributed by atoms with E-state index in [4.69, 9.17) is 11.6 Å². The monoisotopic (exact) mass is 185 g/mol. The van der Waals surface area contributed by atoms with Crippen LogP contribution in [0.3, 0.4) is 0 Å². The Morgan fingerprint density at radius 2 is 2.00 bits per heavy atom. The van der Waals surface area contributed by atoms with E-state index in [2.05, 4.69) is 4.98 Å². The fraction of sp³-hybridized carbons (Fsp3) is 0. The van der Waals surface area contributed by atoms with Crippen LogP contribution in [0.15, 0.2) is 24.5 Å². The van der Waals surface area contributed by atoms with Gasteiger partial charge in [-0.05, 0) is 12.1 Å². The lowest BCUT2D eigenvalue weighted by atomic mass is 10.5. The normalized spacial score (nSPS) is 6.78. The molecule has 1 heterocycles. The van der Waals surface area contributed by atoms with Crippen LogP contribution >= 0.6 is 36.4 Å². The van der Waals surface area contributed by atoms with Gasteiger partial charge in [0, 0.05) is 12.4 Å². The van der Waals surface area contributed by atoms with Crippen molar-refractivity contribution in [2.75, 3.05) is 0 Å². The maximum atomic E-state index is 5.48. The van der Waals surface area contributed by atoms with Crippen molar-refractivity contribution in [1.29, 1.82) is 0 Å². The van der Waals surface area contributed by atoms with Crippen LogP contribution in [0.2, 0.25) is 5.02 Å². The van der Waals surface area contributed by atoms with Gasteiger partial charge in [0.2, 0.25) is 0 Å². The van der Waals surface area contributed by atoms with Crippen molar-refractivity contribution in [2.24, 2.45) is 0 Å². The Morgan fingerprint density at radius 1 is 1.33 bits per heavy atom. The van der Waals surface area contributed by atoms with Gasteiger partial charge in [-0.2, -0.15) is 0 Å². The molecule has 0 aromatic carbocycles. The number of nitrogens with zero attached hydrogens (tertiary/aromatic N) is 1. The molecule has 1 aromatic rings. The zero-order valence-corrected chi connectivity index (χ0v) is 6.84. The highest BCUT2D eigenvalue weighted by Crippen LogP contribution is 2.00. The van der Waals surface area contributed by atoms with Gasteiger partial charge >= 0.3 is 0 Å². The Balaban J connectivity index is 0. The molecule has 0 atom stereocenters. The largest absolute Gasteiger partial charge is 0.263 e. The molecule has 0 aliphatic heterocycles. The fourth-order valence-corrected chi connectivity index (χ4v) is 0.471. The summed E-state index contributed by atoms with van der Waals surface area (Å²) in [6.07, 6.45) is 3.29. The van der Waals surface area contributed by atoms with Crippen LogP contribution < -0.4 is 0 Å². The van der Waals surface area contributed by atoms with Crippen LogP contribution in [-0.4, -0.2) is 4.98 Å². The molecular weight excluding hydrogens is 180 g/mol. The third kappa shape index (κ3) is 4.52. The highest BCUT2D eigenvalue weighted by Gasteiger charge is 1.76. The molecule has 1 nitrogen and oxygen atoms in total. The van der Waals surface area contributed by atoms with E-state index in [1.165, 1.54) is 0 Å². The number of pyridine rings is 1. The van der Waals surface area contributed by atoms with E-state index in [0.717, 1.165) is 0 Å². The first kappa shape index (κ1) is 11.8. The van der Waals surface area contributed by atoms with Gasteiger partial charge in [0.1, 0.15) is 0 Å². The van der Waals surface area contributed by atoms with Crippen molar-refractivity contribution < 1.29 is 0 Å². The zero-order valence-electron chi connectivity index (χ0n) is 4.45. The number of aromatic nitrogens is 1. The van der Waals surface area contributed by atoms with Crippen LogP contribution in [0.5, 0.6) is 0 Å². The summed E-state index contributed by atoms with van der Waals surface area (Å²) < 4.78 is 0. The topological polar surface area (TPSA) is 12.9 Å². The summed E-state index contributed by atoms with van der Waals surface area (Å²) in [6, 6.07) is 3.58. The molecule has 4 heteroatoms. The third-order valence-corrected chi connectivity index (χ3v) is 0.849. The van der Waals surface area contributed by atoms with E-state index >= 15 is 0 Å². The molecule has 52 valence electrons. The molecule has 0 aliphatic carbocycles. The van der Waals surface area contributed by atoms with Gasteiger partial charge < -0.3 is 0 Å². The molecule has 9 heavy (non-hydrogen) atoms. The SMILES string of the molecule is Cl.Cl.Clc1cccnc1. The first-order valence-electron chi connectivity index (χ1n) is 1.95. The quantitative estimate of drug-likeness (QED) is 0.607. The second-order valence-electron chi connectivity index (χ2n) is 1.17. The predicted octanol–water partition coefficient (Wildman–Crippen LogP) is 2.58. The van der Waals surface area contributed by atoms with E-state index in [1.54, 1.807) is 24.5 Å². The minimum absolute atomic E-state index is 0. The van der Waals surface area contributed by atoms with Gasteiger partial charge in [-0.1, -0.05) is 11.6 Å². The third-order valence-electron chi connectivity index (χ3n) is 0.625. The Morgan fingerprint density at radius 3 is 2.22 bits per heavy atom. The smallest absolute Gasteiger partial charge is 0.0589 e. The lowest BCUT2D eigenvalue weighted by molar-refractivity contribution is 1.33. The second kappa shape index (κ2) is 6.14. The van der Waals surface area contributed by atoms with Crippen molar-refractivity contribution in [3.8, 4) is 0 Å². The van der Waals surface area contributed by atoms with Crippen molar-refractivity contribution in [3.63, 3.8) is 0 Å². The summed E-state index contributed by atoms with van der Waals surface area (Å²) in [5.41, 5.74) is 0. The van der Waals surface area contributed by atoms with E-state index in [-0.39, 0.29) is 24.8 Å². The minimum atomic E-state index is 0. The van der Waals surface area contributed by atoms with Gasteiger partial charge in [-0.15, -0.1) is 24.8 Å². The Labute approximate surface area is 71.3 Å². The predicted molar refractivity (Wildman–Crippen MR) is 43.7 cm³/mol. The highest BCUT2D eigenvalue weighted by molar-refractivity contribution is 6.30. The van der Waals surface area contributed by atoms with E-state index in [0.29, 0.717) is 5.02 Å².